The van der Waals surface area contributed by atoms with Gasteiger partial charge in [-0.2, -0.15) is 0 Å². The molecule has 1 amide bonds. The zero-order valence-electron chi connectivity index (χ0n) is 11.6. The van der Waals surface area contributed by atoms with Crippen molar-refractivity contribution in [3.63, 3.8) is 0 Å². The minimum absolute atomic E-state index is 0.0375. The maximum Gasteiger partial charge on any atom is 0.252 e. The van der Waals surface area contributed by atoms with Gasteiger partial charge in [-0.15, -0.1) is 0 Å². The van der Waals surface area contributed by atoms with Crippen molar-refractivity contribution in [2.75, 3.05) is 0 Å². The number of aromatic nitrogens is 1. The van der Waals surface area contributed by atoms with Gasteiger partial charge in [0.25, 0.3) is 5.91 Å². The molecule has 0 aliphatic heterocycles. The van der Waals surface area contributed by atoms with E-state index in [4.69, 9.17) is 0 Å². The molecule has 20 heavy (non-hydrogen) atoms. The Labute approximate surface area is 119 Å². The SMILES string of the molecule is O=C(NC1CCCCCC1)c1ccnc2ccccc12. The molecule has 0 bridgehead atoms. The number of rotatable bonds is 2. The third-order valence-electron chi connectivity index (χ3n) is 4.08. The van der Waals surface area contributed by atoms with Gasteiger partial charge < -0.3 is 5.32 Å². The minimum atomic E-state index is 0.0375. The monoisotopic (exact) mass is 268 g/mol. The molecule has 1 aliphatic rings. The zero-order valence-corrected chi connectivity index (χ0v) is 11.6. The van der Waals surface area contributed by atoms with Crippen LogP contribution in [-0.2, 0) is 0 Å². The van der Waals surface area contributed by atoms with Crippen LogP contribution in [0, 0.1) is 0 Å². The lowest BCUT2D eigenvalue weighted by atomic mass is 10.1. The largest absolute Gasteiger partial charge is 0.349 e. The number of carbonyl (C=O) groups is 1. The van der Waals surface area contributed by atoms with Gasteiger partial charge in [0.2, 0.25) is 0 Å². The molecular weight excluding hydrogens is 248 g/mol. The second-order valence-corrected chi connectivity index (χ2v) is 5.54. The Kier molecular flexibility index (Phi) is 3.95. The highest BCUT2D eigenvalue weighted by molar-refractivity contribution is 6.06. The number of nitrogens with one attached hydrogen (secondary N) is 1. The molecule has 3 nitrogen and oxygen atoms in total. The number of hydrogen-bond donors (Lipinski definition) is 1. The van der Waals surface area contributed by atoms with Gasteiger partial charge in [0, 0.05) is 17.6 Å². The highest BCUT2D eigenvalue weighted by Gasteiger charge is 2.17. The first-order valence-corrected chi connectivity index (χ1v) is 7.49. The van der Waals surface area contributed by atoms with Gasteiger partial charge in [0.15, 0.2) is 0 Å². The number of hydrogen-bond acceptors (Lipinski definition) is 2. The van der Waals surface area contributed by atoms with Crippen LogP contribution in [-0.4, -0.2) is 16.9 Å². The quantitative estimate of drug-likeness (QED) is 0.844. The molecule has 3 heteroatoms. The molecule has 0 unspecified atom stereocenters. The first kappa shape index (κ1) is 13.1. The Morgan fingerprint density at radius 3 is 2.60 bits per heavy atom. The first-order valence-electron chi connectivity index (χ1n) is 7.49. The van der Waals surface area contributed by atoms with Crippen LogP contribution in [0.3, 0.4) is 0 Å². The highest BCUT2D eigenvalue weighted by atomic mass is 16.1. The van der Waals surface area contributed by atoms with Gasteiger partial charge >= 0.3 is 0 Å². The summed E-state index contributed by atoms with van der Waals surface area (Å²) in [5.41, 5.74) is 1.61. The summed E-state index contributed by atoms with van der Waals surface area (Å²) in [4.78, 5) is 16.8. The van der Waals surface area contributed by atoms with Crippen LogP contribution in [0.2, 0.25) is 0 Å². The van der Waals surface area contributed by atoms with E-state index in [1.54, 1.807) is 6.20 Å². The molecule has 0 atom stereocenters. The maximum atomic E-state index is 12.5. The lowest BCUT2D eigenvalue weighted by molar-refractivity contribution is 0.0935. The van der Waals surface area contributed by atoms with E-state index in [1.807, 2.05) is 30.3 Å². The predicted octanol–water partition coefficient (Wildman–Crippen LogP) is 3.69. The summed E-state index contributed by atoms with van der Waals surface area (Å²) in [6.45, 7) is 0. The Bertz CT molecular complexity index is 595. The summed E-state index contributed by atoms with van der Waals surface area (Å²) in [6, 6.07) is 9.95. The predicted molar refractivity (Wildman–Crippen MR) is 80.7 cm³/mol. The lowest BCUT2D eigenvalue weighted by Crippen LogP contribution is -2.34. The van der Waals surface area contributed by atoms with Gasteiger partial charge in [-0.05, 0) is 25.0 Å². The van der Waals surface area contributed by atoms with Crippen molar-refractivity contribution in [2.45, 2.75) is 44.6 Å². The molecule has 0 saturated heterocycles. The molecule has 0 spiro atoms. The second kappa shape index (κ2) is 6.04. The molecular formula is C17H20N2O. The van der Waals surface area contributed by atoms with Crippen molar-refractivity contribution in [1.82, 2.24) is 10.3 Å². The summed E-state index contributed by atoms with van der Waals surface area (Å²) < 4.78 is 0. The summed E-state index contributed by atoms with van der Waals surface area (Å²) in [7, 11) is 0. The van der Waals surface area contributed by atoms with Crippen LogP contribution in [0.4, 0.5) is 0 Å². The zero-order chi connectivity index (χ0) is 13.8. The number of fused-ring (bicyclic) bond motifs is 1. The van der Waals surface area contributed by atoms with Gasteiger partial charge in [-0.1, -0.05) is 43.9 Å². The Morgan fingerprint density at radius 1 is 1.05 bits per heavy atom. The number of carbonyl (C=O) groups excluding carboxylic acids is 1. The summed E-state index contributed by atoms with van der Waals surface area (Å²) >= 11 is 0. The Morgan fingerprint density at radius 2 is 1.80 bits per heavy atom. The van der Waals surface area contributed by atoms with Gasteiger partial charge in [-0.3, -0.25) is 9.78 Å². The maximum absolute atomic E-state index is 12.5. The molecule has 1 saturated carbocycles. The van der Waals surface area contributed by atoms with Gasteiger partial charge in [0.05, 0.1) is 11.1 Å². The van der Waals surface area contributed by atoms with Crippen LogP contribution in [0.5, 0.6) is 0 Å². The van der Waals surface area contributed by atoms with Gasteiger partial charge in [-0.25, -0.2) is 0 Å². The van der Waals surface area contributed by atoms with Crippen LogP contribution in [0.25, 0.3) is 10.9 Å². The summed E-state index contributed by atoms with van der Waals surface area (Å²) in [5, 5.41) is 4.13. The first-order chi connectivity index (χ1) is 9.84. The standard InChI is InChI=1S/C17H20N2O/c20-17(19-13-7-3-1-2-4-8-13)15-11-12-18-16-10-6-5-9-14(15)16/h5-6,9-13H,1-4,7-8H2,(H,19,20). The molecule has 2 aromatic rings. The van der Waals surface area contributed by atoms with E-state index < -0.39 is 0 Å². The van der Waals surface area contributed by atoms with Crippen LogP contribution in [0.15, 0.2) is 36.5 Å². The summed E-state index contributed by atoms with van der Waals surface area (Å²) in [5.74, 6) is 0.0375. The second-order valence-electron chi connectivity index (χ2n) is 5.54. The summed E-state index contributed by atoms with van der Waals surface area (Å²) in [6.07, 6.45) is 8.97. The van der Waals surface area contributed by atoms with E-state index in [1.165, 1.54) is 25.7 Å². The van der Waals surface area contributed by atoms with Crippen molar-refractivity contribution < 1.29 is 4.79 Å². The molecule has 1 fully saturated rings. The topological polar surface area (TPSA) is 42.0 Å². The third kappa shape index (κ3) is 2.82. The normalized spacial score (nSPS) is 16.8. The number of benzene rings is 1. The van der Waals surface area contributed by atoms with E-state index >= 15 is 0 Å². The molecule has 1 aromatic heterocycles. The average molecular weight is 268 g/mol. The number of amides is 1. The van der Waals surface area contributed by atoms with Gasteiger partial charge in [0.1, 0.15) is 0 Å². The smallest absolute Gasteiger partial charge is 0.252 e. The van der Waals surface area contributed by atoms with E-state index in [2.05, 4.69) is 10.3 Å². The average Bonchev–Trinajstić information content (AvgIpc) is 2.75. The van der Waals surface area contributed by atoms with Crippen LogP contribution in [0.1, 0.15) is 48.9 Å². The van der Waals surface area contributed by atoms with Crippen molar-refractivity contribution in [1.29, 1.82) is 0 Å². The molecule has 0 radical (unpaired) electrons. The third-order valence-corrected chi connectivity index (χ3v) is 4.08. The van der Waals surface area contributed by atoms with E-state index in [-0.39, 0.29) is 5.91 Å². The van der Waals surface area contributed by atoms with Crippen molar-refractivity contribution in [3.8, 4) is 0 Å². The molecule has 1 aromatic carbocycles. The van der Waals surface area contributed by atoms with Crippen molar-refractivity contribution in [2.24, 2.45) is 0 Å². The van der Waals surface area contributed by atoms with Crippen LogP contribution < -0.4 is 5.32 Å². The number of pyridine rings is 1. The van der Waals surface area contributed by atoms with Crippen molar-refractivity contribution in [3.05, 3.63) is 42.1 Å². The molecule has 1 N–H and O–H groups in total. The lowest BCUT2D eigenvalue weighted by Gasteiger charge is -2.16. The number of nitrogens with zero attached hydrogens (tertiary/aromatic N) is 1. The Balaban J connectivity index is 1.81. The van der Waals surface area contributed by atoms with E-state index in [9.17, 15) is 4.79 Å². The fourth-order valence-electron chi connectivity index (χ4n) is 2.98. The van der Waals surface area contributed by atoms with E-state index in [0.717, 1.165) is 29.3 Å². The van der Waals surface area contributed by atoms with Crippen LogP contribution >= 0.6 is 0 Å². The molecule has 104 valence electrons. The molecule has 1 aliphatic carbocycles. The highest BCUT2D eigenvalue weighted by Crippen LogP contribution is 2.19. The Hall–Kier alpha value is -1.90. The van der Waals surface area contributed by atoms with E-state index in [0.29, 0.717) is 6.04 Å². The molecule has 3 rings (SSSR count). The molecule has 1 heterocycles. The minimum Gasteiger partial charge on any atom is -0.349 e. The number of para-hydroxylation sites is 1. The fraction of sp³-hybridized carbons (Fsp3) is 0.412. The fourth-order valence-corrected chi connectivity index (χ4v) is 2.98. The van der Waals surface area contributed by atoms with Crippen molar-refractivity contribution >= 4 is 16.8 Å².